The van der Waals surface area contributed by atoms with Crippen LogP contribution in [0.25, 0.3) is 0 Å². The van der Waals surface area contributed by atoms with Crippen molar-refractivity contribution in [3.8, 4) is 11.8 Å². The van der Waals surface area contributed by atoms with Gasteiger partial charge in [-0.15, -0.1) is 0 Å². The number of benzene rings is 1. The van der Waals surface area contributed by atoms with E-state index in [1.54, 1.807) is 6.07 Å². The fourth-order valence-corrected chi connectivity index (χ4v) is 2.52. The van der Waals surface area contributed by atoms with Crippen molar-refractivity contribution in [2.75, 3.05) is 45.9 Å². The second kappa shape index (κ2) is 7.88. The van der Waals surface area contributed by atoms with E-state index in [9.17, 15) is 0 Å². The Balaban J connectivity index is 1.71. The smallest absolute Gasteiger partial charge is 0.137 e. The lowest BCUT2D eigenvalue weighted by Gasteiger charge is -2.34. The largest absolute Gasteiger partial charge is 0.491 e. The quantitative estimate of drug-likeness (QED) is 0.794. The van der Waals surface area contributed by atoms with E-state index in [-0.39, 0.29) is 0 Å². The van der Waals surface area contributed by atoms with Crippen LogP contribution in [-0.2, 0) is 0 Å². The Hall–Kier alpha value is -1.57. The summed E-state index contributed by atoms with van der Waals surface area (Å²) in [6.45, 7) is 9.55. The molecule has 1 saturated heterocycles. The van der Waals surface area contributed by atoms with E-state index in [2.05, 4.69) is 22.8 Å². The first-order valence-electron chi connectivity index (χ1n) is 7.40. The molecule has 0 spiro atoms. The van der Waals surface area contributed by atoms with Gasteiger partial charge in [-0.25, -0.2) is 0 Å². The Morgan fingerprint density at radius 3 is 2.40 bits per heavy atom. The van der Waals surface area contributed by atoms with Crippen LogP contribution in [0.2, 0.25) is 0 Å². The van der Waals surface area contributed by atoms with E-state index in [4.69, 9.17) is 10.00 Å². The number of piperazine rings is 1. The van der Waals surface area contributed by atoms with Crippen molar-refractivity contribution in [2.45, 2.75) is 13.3 Å². The molecule has 0 aliphatic carbocycles. The predicted molar refractivity (Wildman–Crippen MR) is 79.8 cm³/mol. The van der Waals surface area contributed by atoms with E-state index in [0.29, 0.717) is 17.9 Å². The zero-order valence-electron chi connectivity index (χ0n) is 12.2. The minimum absolute atomic E-state index is 0.611. The lowest BCUT2D eigenvalue weighted by atomic mass is 10.2. The van der Waals surface area contributed by atoms with Gasteiger partial charge >= 0.3 is 0 Å². The Labute approximate surface area is 121 Å². The maximum atomic E-state index is 9.00. The number of para-hydroxylation sites is 1. The first-order valence-corrected chi connectivity index (χ1v) is 7.40. The SMILES string of the molecule is CCCN1CCN(CCOc2ccccc2C#N)CC1. The molecule has 4 heteroatoms. The highest BCUT2D eigenvalue weighted by molar-refractivity contribution is 5.42. The number of nitriles is 1. The van der Waals surface area contributed by atoms with E-state index in [1.165, 1.54) is 13.0 Å². The maximum Gasteiger partial charge on any atom is 0.137 e. The second-order valence-electron chi connectivity index (χ2n) is 5.14. The van der Waals surface area contributed by atoms with Gasteiger partial charge < -0.3 is 9.64 Å². The van der Waals surface area contributed by atoms with Gasteiger partial charge in [-0.1, -0.05) is 19.1 Å². The molecule has 1 aliphatic heterocycles. The molecule has 4 nitrogen and oxygen atoms in total. The number of nitrogens with zero attached hydrogens (tertiary/aromatic N) is 3. The van der Waals surface area contributed by atoms with Crippen molar-refractivity contribution in [3.63, 3.8) is 0 Å². The summed E-state index contributed by atoms with van der Waals surface area (Å²) in [5.74, 6) is 0.694. The Morgan fingerprint density at radius 1 is 1.10 bits per heavy atom. The molecule has 1 aliphatic rings. The Morgan fingerprint density at radius 2 is 1.75 bits per heavy atom. The summed E-state index contributed by atoms with van der Waals surface area (Å²) < 4.78 is 5.73. The molecule has 108 valence electrons. The first kappa shape index (κ1) is 14.8. The normalized spacial score (nSPS) is 16.8. The van der Waals surface area contributed by atoms with Crippen molar-refractivity contribution >= 4 is 0 Å². The summed E-state index contributed by atoms with van der Waals surface area (Å²) in [6.07, 6.45) is 1.23. The van der Waals surface area contributed by atoms with Crippen molar-refractivity contribution in [1.82, 2.24) is 9.80 Å². The number of hydrogen-bond acceptors (Lipinski definition) is 4. The molecular formula is C16H23N3O. The summed E-state index contributed by atoms with van der Waals surface area (Å²) in [5.41, 5.74) is 0.611. The van der Waals surface area contributed by atoms with Crippen LogP contribution in [-0.4, -0.2) is 55.7 Å². The van der Waals surface area contributed by atoms with E-state index >= 15 is 0 Å². The van der Waals surface area contributed by atoms with Crippen molar-refractivity contribution < 1.29 is 4.74 Å². The lowest BCUT2D eigenvalue weighted by Crippen LogP contribution is -2.47. The van der Waals surface area contributed by atoms with Crippen LogP contribution in [0.15, 0.2) is 24.3 Å². The van der Waals surface area contributed by atoms with E-state index < -0.39 is 0 Å². The van der Waals surface area contributed by atoms with Gasteiger partial charge in [0.1, 0.15) is 18.4 Å². The van der Waals surface area contributed by atoms with Crippen LogP contribution in [0.1, 0.15) is 18.9 Å². The van der Waals surface area contributed by atoms with Crippen molar-refractivity contribution in [3.05, 3.63) is 29.8 Å². The minimum atomic E-state index is 0.611. The molecule has 20 heavy (non-hydrogen) atoms. The predicted octanol–water partition coefficient (Wildman–Crippen LogP) is 1.96. The molecule has 1 heterocycles. The second-order valence-corrected chi connectivity index (χ2v) is 5.14. The average Bonchev–Trinajstić information content (AvgIpc) is 2.50. The van der Waals surface area contributed by atoms with E-state index in [1.807, 2.05) is 18.2 Å². The third kappa shape index (κ3) is 4.22. The standard InChI is InChI=1S/C16H23N3O/c1-2-7-18-8-10-19(11-9-18)12-13-20-16-6-4-3-5-15(16)14-17/h3-6H,2,7-13H2,1H3. The van der Waals surface area contributed by atoms with Crippen LogP contribution in [0.5, 0.6) is 5.75 Å². The number of ether oxygens (including phenoxy) is 1. The van der Waals surface area contributed by atoms with Gasteiger partial charge in [-0.05, 0) is 25.1 Å². The summed E-state index contributed by atoms with van der Waals surface area (Å²) in [6, 6.07) is 9.57. The third-order valence-electron chi connectivity index (χ3n) is 3.68. The highest BCUT2D eigenvalue weighted by Crippen LogP contribution is 2.16. The lowest BCUT2D eigenvalue weighted by molar-refractivity contribution is 0.117. The van der Waals surface area contributed by atoms with Gasteiger partial charge in [-0.3, -0.25) is 4.90 Å². The van der Waals surface area contributed by atoms with Gasteiger partial charge in [0.25, 0.3) is 0 Å². The zero-order chi connectivity index (χ0) is 14.2. The van der Waals surface area contributed by atoms with Gasteiger partial charge in [0.2, 0.25) is 0 Å². The van der Waals surface area contributed by atoms with Crippen molar-refractivity contribution in [2.24, 2.45) is 0 Å². The third-order valence-corrected chi connectivity index (χ3v) is 3.68. The number of hydrogen-bond donors (Lipinski definition) is 0. The average molecular weight is 273 g/mol. The molecule has 0 radical (unpaired) electrons. The molecule has 1 fully saturated rings. The van der Waals surface area contributed by atoms with Gasteiger partial charge in [0.05, 0.1) is 5.56 Å². The zero-order valence-corrected chi connectivity index (χ0v) is 12.2. The highest BCUT2D eigenvalue weighted by Gasteiger charge is 2.15. The molecule has 1 aromatic carbocycles. The summed E-state index contributed by atoms with van der Waals surface area (Å²) in [7, 11) is 0. The molecule has 0 atom stereocenters. The monoisotopic (exact) mass is 273 g/mol. The fraction of sp³-hybridized carbons (Fsp3) is 0.562. The molecule has 1 aromatic rings. The summed E-state index contributed by atoms with van der Waals surface area (Å²) >= 11 is 0. The molecule has 0 aromatic heterocycles. The molecule has 0 bridgehead atoms. The summed E-state index contributed by atoms with van der Waals surface area (Å²) in [5, 5.41) is 9.00. The van der Waals surface area contributed by atoms with Crippen LogP contribution in [0.3, 0.4) is 0 Å². The fourth-order valence-electron chi connectivity index (χ4n) is 2.52. The van der Waals surface area contributed by atoms with Gasteiger partial charge in [-0.2, -0.15) is 5.26 Å². The maximum absolute atomic E-state index is 9.00. The Bertz CT molecular complexity index is 447. The van der Waals surface area contributed by atoms with Crippen molar-refractivity contribution in [1.29, 1.82) is 5.26 Å². The highest BCUT2D eigenvalue weighted by atomic mass is 16.5. The Kier molecular flexibility index (Phi) is 5.85. The first-order chi connectivity index (χ1) is 9.83. The van der Waals surface area contributed by atoms with Gasteiger partial charge in [0.15, 0.2) is 0 Å². The molecule has 0 amide bonds. The van der Waals surface area contributed by atoms with Gasteiger partial charge in [0, 0.05) is 32.7 Å². The molecule has 0 saturated carbocycles. The molecule has 0 unspecified atom stereocenters. The van der Waals surface area contributed by atoms with Crippen LogP contribution < -0.4 is 4.74 Å². The topological polar surface area (TPSA) is 39.5 Å². The molecule has 2 rings (SSSR count). The van der Waals surface area contributed by atoms with Crippen LogP contribution in [0, 0.1) is 11.3 Å². The number of rotatable bonds is 6. The molecular weight excluding hydrogens is 250 g/mol. The molecule has 0 N–H and O–H groups in total. The van der Waals surface area contributed by atoms with E-state index in [0.717, 1.165) is 32.7 Å². The summed E-state index contributed by atoms with van der Waals surface area (Å²) in [4.78, 5) is 4.95. The van der Waals surface area contributed by atoms with Crippen LogP contribution in [0.4, 0.5) is 0 Å². The van der Waals surface area contributed by atoms with Crippen LogP contribution >= 0.6 is 0 Å². The minimum Gasteiger partial charge on any atom is -0.491 e.